The molecule has 0 heterocycles. The van der Waals surface area contributed by atoms with Crippen molar-refractivity contribution in [2.75, 3.05) is 18.1 Å². The van der Waals surface area contributed by atoms with Crippen LogP contribution in [0.1, 0.15) is 0 Å². The van der Waals surface area contributed by atoms with E-state index in [9.17, 15) is 10.1 Å². The Hall–Kier alpha value is -1.98. The Morgan fingerprint density at radius 2 is 1.67 bits per heavy atom. The third kappa shape index (κ3) is 4.00. The van der Waals surface area contributed by atoms with E-state index in [1.165, 1.54) is 0 Å². The lowest BCUT2D eigenvalue weighted by molar-refractivity contribution is -0.757. The quantitative estimate of drug-likeness (QED) is 0.585. The monoisotopic (exact) mass is 326 g/mol. The predicted molar refractivity (Wildman–Crippen MR) is 82.9 cm³/mol. The molecule has 0 N–H and O–H groups in total. The van der Waals surface area contributed by atoms with Crippen LogP contribution in [0.25, 0.3) is 0 Å². The number of rotatable bonds is 6. The van der Waals surface area contributed by atoms with E-state index in [0.29, 0.717) is 15.7 Å². The van der Waals surface area contributed by atoms with Crippen LogP contribution in [0.4, 0.5) is 11.4 Å². The average molecular weight is 327 g/mol. The van der Waals surface area contributed by atoms with Gasteiger partial charge in [0.25, 0.3) is 5.09 Å². The molecule has 7 heteroatoms. The number of hydrogen-bond donors (Lipinski definition) is 0. The third-order valence-corrected chi connectivity index (χ3v) is 3.40. The highest BCUT2D eigenvalue weighted by atomic mass is 35.5. The van der Waals surface area contributed by atoms with Crippen LogP contribution < -0.4 is 4.90 Å². The van der Waals surface area contributed by atoms with Crippen LogP contribution in [-0.4, -0.2) is 18.2 Å². The van der Waals surface area contributed by atoms with Crippen molar-refractivity contribution in [3.63, 3.8) is 0 Å². The predicted octanol–water partition coefficient (Wildman–Crippen LogP) is 4.34. The van der Waals surface area contributed by atoms with Gasteiger partial charge in [-0.25, -0.2) is 0 Å². The Morgan fingerprint density at radius 1 is 1.05 bits per heavy atom. The summed E-state index contributed by atoms with van der Waals surface area (Å²) >= 11 is 12.4. The largest absolute Gasteiger partial charge is 0.337 e. The van der Waals surface area contributed by atoms with E-state index in [1.54, 1.807) is 23.1 Å². The molecule has 0 saturated heterocycles. The fourth-order valence-electron chi connectivity index (χ4n) is 1.93. The standard InChI is InChI=1S/C14H12Cl2N2O3/c15-12-7-4-8-13(16)14(12)17(9-10-21-18(19)20)11-5-2-1-3-6-11/h1-8H,9-10H2. The fourth-order valence-corrected chi connectivity index (χ4v) is 2.53. The summed E-state index contributed by atoms with van der Waals surface area (Å²) in [6, 6.07) is 14.5. The maximum absolute atomic E-state index is 10.3. The first-order valence-corrected chi connectivity index (χ1v) is 6.89. The number of hydrogen-bond acceptors (Lipinski definition) is 4. The number of nitrogens with zero attached hydrogens (tertiary/aromatic N) is 2. The molecule has 0 unspecified atom stereocenters. The molecular formula is C14H12Cl2N2O3. The fraction of sp³-hybridized carbons (Fsp3) is 0.143. The lowest BCUT2D eigenvalue weighted by atomic mass is 10.2. The molecule has 2 aromatic rings. The van der Waals surface area contributed by atoms with Crippen LogP contribution in [0, 0.1) is 10.1 Å². The zero-order valence-corrected chi connectivity index (χ0v) is 12.4. The molecule has 0 bridgehead atoms. The SMILES string of the molecule is O=[N+]([O-])OCCN(c1ccccc1)c1c(Cl)cccc1Cl. The van der Waals surface area contributed by atoms with Crippen LogP contribution >= 0.6 is 23.2 Å². The number of benzene rings is 2. The van der Waals surface area contributed by atoms with Crippen molar-refractivity contribution >= 4 is 34.6 Å². The third-order valence-electron chi connectivity index (χ3n) is 2.79. The van der Waals surface area contributed by atoms with E-state index in [2.05, 4.69) is 4.84 Å². The average Bonchev–Trinajstić information content (AvgIpc) is 2.46. The highest BCUT2D eigenvalue weighted by molar-refractivity contribution is 6.39. The molecule has 0 fully saturated rings. The molecule has 0 aliphatic rings. The van der Waals surface area contributed by atoms with E-state index in [4.69, 9.17) is 23.2 Å². The minimum Gasteiger partial charge on any atom is -0.337 e. The molecule has 0 spiro atoms. The molecule has 0 atom stereocenters. The normalized spacial score (nSPS) is 10.2. The smallest absolute Gasteiger partial charge is 0.294 e. The zero-order chi connectivity index (χ0) is 15.2. The second-order valence-electron chi connectivity index (χ2n) is 4.11. The van der Waals surface area contributed by atoms with Gasteiger partial charge in [-0.15, -0.1) is 10.1 Å². The number of anilines is 2. The Bertz CT molecular complexity index is 603. The number of halogens is 2. The van der Waals surface area contributed by atoms with Crippen LogP contribution in [0.3, 0.4) is 0 Å². The van der Waals surface area contributed by atoms with Crippen molar-refractivity contribution < 1.29 is 9.92 Å². The molecule has 2 rings (SSSR count). The highest BCUT2D eigenvalue weighted by Gasteiger charge is 2.16. The molecule has 2 aromatic carbocycles. The van der Waals surface area contributed by atoms with E-state index in [-0.39, 0.29) is 13.2 Å². The highest BCUT2D eigenvalue weighted by Crippen LogP contribution is 2.37. The van der Waals surface area contributed by atoms with Crippen molar-refractivity contribution in [3.05, 3.63) is 68.7 Å². The Kier molecular flexibility index (Phi) is 5.25. The van der Waals surface area contributed by atoms with Gasteiger partial charge in [-0.2, -0.15) is 0 Å². The number of para-hydroxylation sites is 2. The summed E-state index contributed by atoms with van der Waals surface area (Å²) < 4.78 is 0. The van der Waals surface area contributed by atoms with Gasteiger partial charge in [0.1, 0.15) is 6.61 Å². The van der Waals surface area contributed by atoms with Gasteiger partial charge in [0, 0.05) is 12.2 Å². The van der Waals surface area contributed by atoms with Crippen LogP contribution in [0.15, 0.2) is 48.5 Å². The van der Waals surface area contributed by atoms with Crippen molar-refractivity contribution in [1.29, 1.82) is 0 Å². The molecule has 21 heavy (non-hydrogen) atoms. The lowest BCUT2D eigenvalue weighted by Gasteiger charge is -2.26. The lowest BCUT2D eigenvalue weighted by Crippen LogP contribution is -2.24. The summed E-state index contributed by atoms with van der Waals surface area (Å²) in [5, 5.41) is 10.4. The van der Waals surface area contributed by atoms with Gasteiger partial charge in [0.05, 0.1) is 15.7 Å². The van der Waals surface area contributed by atoms with Gasteiger partial charge in [-0.1, -0.05) is 47.5 Å². The maximum Gasteiger partial charge on any atom is 0.294 e. The van der Waals surface area contributed by atoms with Crippen molar-refractivity contribution in [1.82, 2.24) is 0 Å². The topological polar surface area (TPSA) is 55.6 Å². The first-order chi connectivity index (χ1) is 10.1. The molecule has 110 valence electrons. The summed E-state index contributed by atoms with van der Waals surface area (Å²) in [5.41, 5.74) is 1.42. The first-order valence-electron chi connectivity index (χ1n) is 6.13. The van der Waals surface area contributed by atoms with Gasteiger partial charge in [-0.3, -0.25) is 0 Å². The van der Waals surface area contributed by atoms with E-state index in [1.807, 2.05) is 30.3 Å². The maximum atomic E-state index is 10.3. The van der Waals surface area contributed by atoms with Gasteiger partial charge in [-0.05, 0) is 24.3 Å². The van der Waals surface area contributed by atoms with Crippen molar-refractivity contribution in [2.45, 2.75) is 0 Å². The van der Waals surface area contributed by atoms with E-state index >= 15 is 0 Å². The van der Waals surface area contributed by atoms with Gasteiger partial charge < -0.3 is 9.74 Å². The summed E-state index contributed by atoms with van der Waals surface area (Å²) in [6.07, 6.45) is 0. The van der Waals surface area contributed by atoms with Gasteiger partial charge in [0.15, 0.2) is 0 Å². The van der Waals surface area contributed by atoms with E-state index < -0.39 is 5.09 Å². The second-order valence-corrected chi connectivity index (χ2v) is 4.93. The summed E-state index contributed by atoms with van der Waals surface area (Å²) in [7, 11) is 0. The second kappa shape index (κ2) is 7.15. The molecule has 0 amide bonds. The van der Waals surface area contributed by atoms with Crippen LogP contribution in [0.5, 0.6) is 0 Å². The molecular weight excluding hydrogens is 315 g/mol. The van der Waals surface area contributed by atoms with Gasteiger partial charge >= 0.3 is 0 Å². The van der Waals surface area contributed by atoms with Gasteiger partial charge in [0.2, 0.25) is 0 Å². The molecule has 0 saturated carbocycles. The first kappa shape index (κ1) is 15.4. The van der Waals surface area contributed by atoms with Crippen LogP contribution in [-0.2, 0) is 4.84 Å². The minimum atomic E-state index is -0.822. The summed E-state index contributed by atoms with van der Waals surface area (Å²) in [4.78, 5) is 16.5. The minimum absolute atomic E-state index is 0.0938. The summed E-state index contributed by atoms with van der Waals surface area (Å²) in [5.74, 6) is 0. The van der Waals surface area contributed by atoms with Crippen molar-refractivity contribution in [2.24, 2.45) is 0 Å². The Labute approximate surface area is 131 Å². The van der Waals surface area contributed by atoms with E-state index in [0.717, 1.165) is 5.69 Å². The molecule has 5 nitrogen and oxygen atoms in total. The van der Waals surface area contributed by atoms with Crippen molar-refractivity contribution in [3.8, 4) is 0 Å². The van der Waals surface area contributed by atoms with Crippen LogP contribution in [0.2, 0.25) is 10.0 Å². The Balaban J connectivity index is 2.34. The molecule has 0 aliphatic heterocycles. The molecule has 0 aliphatic carbocycles. The zero-order valence-electron chi connectivity index (χ0n) is 10.9. The molecule has 0 aromatic heterocycles. The summed E-state index contributed by atoms with van der Waals surface area (Å²) in [6.45, 7) is 0.151. The molecule has 0 radical (unpaired) electrons. The Morgan fingerprint density at radius 3 is 2.24 bits per heavy atom.